The molecule has 0 saturated heterocycles. The zero-order valence-corrected chi connectivity index (χ0v) is 26.6. The Kier molecular flexibility index (Phi) is 7.09. The first kappa shape index (κ1) is 28.3. The van der Waals surface area contributed by atoms with Crippen molar-refractivity contribution < 1.29 is 4.42 Å². The summed E-state index contributed by atoms with van der Waals surface area (Å²) in [5.74, 6) is 1.08. The lowest BCUT2D eigenvalue weighted by Crippen LogP contribution is -2.18. The molecular weight excluding hydrogens is 585 g/mol. The first-order chi connectivity index (χ1) is 23.8. The molecule has 0 radical (unpaired) electrons. The highest BCUT2D eigenvalue weighted by Gasteiger charge is 2.20. The molecule has 3 nitrogen and oxygen atoms in total. The van der Waals surface area contributed by atoms with E-state index in [9.17, 15) is 0 Å². The maximum atomic E-state index is 6.36. The Labute approximate surface area is 280 Å². The van der Waals surface area contributed by atoms with Gasteiger partial charge in [0.05, 0.1) is 0 Å². The summed E-state index contributed by atoms with van der Waals surface area (Å²) < 4.78 is 6.36. The smallest absolute Gasteiger partial charge is 0.227 e. The Morgan fingerprint density at radius 1 is 0.625 bits per heavy atom. The number of rotatable bonds is 6. The van der Waals surface area contributed by atoms with Gasteiger partial charge in [0.2, 0.25) is 5.89 Å². The van der Waals surface area contributed by atoms with Crippen LogP contribution in [0.4, 0.5) is 11.4 Å². The van der Waals surface area contributed by atoms with Crippen LogP contribution in [-0.4, -0.2) is 4.98 Å². The number of hydrogen-bond donors (Lipinski definition) is 0. The SMILES string of the molecule is C1=CC(C2C=CC(N(c3ccccc3)c3ccc4cc(-c5cc6nc(-c7ccccc7)oc6c6ccccc56)ccc4c3)=CC2)=CCC1. The van der Waals surface area contributed by atoms with E-state index in [-0.39, 0.29) is 0 Å². The van der Waals surface area contributed by atoms with Gasteiger partial charge in [0, 0.05) is 33.9 Å². The molecule has 0 aliphatic heterocycles. The highest BCUT2D eigenvalue weighted by molar-refractivity contribution is 6.11. The fraction of sp³-hybridized carbons (Fsp3) is 0.0889. The topological polar surface area (TPSA) is 29.3 Å². The van der Waals surface area contributed by atoms with Crippen molar-refractivity contribution in [3.63, 3.8) is 0 Å². The van der Waals surface area contributed by atoms with Crippen LogP contribution in [0.1, 0.15) is 19.3 Å². The second-order valence-corrected chi connectivity index (χ2v) is 12.6. The van der Waals surface area contributed by atoms with Crippen molar-refractivity contribution in [1.29, 1.82) is 0 Å². The molecule has 3 heteroatoms. The first-order valence-corrected chi connectivity index (χ1v) is 16.8. The molecule has 230 valence electrons. The Morgan fingerprint density at radius 3 is 2.19 bits per heavy atom. The molecular formula is C45H34N2O. The summed E-state index contributed by atoms with van der Waals surface area (Å²) >= 11 is 0. The molecule has 1 atom stereocenters. The number of hydrogen-bond acceptors (Lipinski definition) is 3. The number of oxazole rings is 1. The van der Waals surface area contributed by atoms with Crippen LogP contribution in [-0.2, 0) is 0 Å². The molecule has 9 rings (SSSR count). The summed E-state index contributed by atoms with van der Waals surface area (Å²) in [4.78, 5) is 7.30. The summed E-state index contributed by atoms with van der Waals surface area (Å²) in [6.07, 6.45) is 17.4. The van der Waals surface area contributed by atoms with Crippen molar-refractivity contribution in [2.75, 3.05) is 4.90 Å². The van der Waals surface area contributed by atoms with Gasteiger partial charge < -0.3 is 9.32 Å². The van der Waals surface area contributed by atoms with Crippen LogP contribution in [0.3, 0.4) is 0 Å². The van der Waals surface area contributed by atoms with Gasteiger partial charge in [-0.15, -0.1) is 0 Å². The van der Waals surface area contributed by atoms with E-state index in [1.807, 2.05) is 30.3 Å². The average Bonchev–Trinajstić information content (AvgIpc) is 3.61. The Hall–Kier alpha value is -5.93. The minimum atomic E-state index is 0.440. The van der Waals surface area contributed by atoms with Crippen molar-refractivity contribution >= 4 is 44.0 Å². The van der Waals surface area contributed by atoms with Crippen LogP contribution < -0.4 is 4.90 Å². The number of benzene rings is 6. The standard InChI is InChI=1S/C45H34N2O/c1-4-12-31(13-5-1)32-22-25-38(26-23-32)47(37-16-8-3-9-17-37)39-27-24-34-28-36(21-20-35(34)29-39)42-30-43-44(41-19-11-10-18-40(41)42)48-45(46-43)33-14-6-2-7-15-33/h2-4,6-22,24-30,32H,1,5,23H2. The molecule has 1 unspecified atom stereocenters. The van der Waals surface area contributed by atoms with Gasteiger partial charge in [-0.05, 0) is 107 Å². The predicted octanol–water partition coefficient (Wildman–Crippen LogP) is 12.3. The highest BCUT2D eigenvalue weighted by atomic mass is 16.3. The lowest BCUT2D eigenvalue weighted by molar-refractivity contribution is 0.623. The summed E-state index contributed by atoms with van der Waals surface area (Å²) in [5, 5.41) is 4.62. The number of para-hydroxylation sites is 1. The van der Waals surface area contributed by atoms with Gasteiger partial charge in [0.15, 0.2) is 5.58 Å². The number of aromatic nitrogens is 1. The number of anilines is 2. The van der Waals surface area contributed by atoms with E-state index in [0.29, 0.717) is 11.8 Å². The van der Waals surface area contributed by atoms with E-state index in [1.54, 1.807) is 0 Å². The molecule has 2 aliphatic rings. The molecule has 0 N–H and O–H groups in total. The van der Waals surface area contributed by atoms with Crippen LogP contribution in [0.25, 0.3) is 55.2 Å². The molecule has 6 aromatic carbocycles. The third kappa shape index (κ3) is 5.14. The van der Waals surface area contributed by atoms with E-state index >= 15 is 0 Å². The number of allylic oxidation sites excluding steroid dienone is 7. The van der Waals surface area contributed by atoms with Crippen LogP contribution in [0.5, 0.6) is 0 Å². The van der Waals surface area contributed by atoms with Gasteiger partial charge in [-0.1, -0.05) is 109 Å². The quantitative estimate of drug-likeness (QED) is 0.186. The molecule has 0 saturated carbocycles. The van der Waals surface area contributed by atoms with Crippen molar-refractivity contribution in [3.8, 4) is 22.6 Å². The molecule has 0 fully saturated rings. The first-order valence-electron chi connectivity index (χ1n) is 16.8. The van der Waals surface area contributed by atoms with Gasteiger partial charge in [-0.2, -0.15) is 0 Å². The Balaban J connectivity index is 1.09. The van der Waals surface area contributed by atoms with Crippen LogP contribution in [0, 0.1) is 5.92 Å². The fourth-order valence-electron chi connectivity index (χ4n) is 7.19. The van der Waals surface area contributed by atoms with Crippen molar-refractivity contribution in [2.45, 2.75) is 19.3 Å². The molecule has 2 aliphatic carbocycles. The van der Waals surface area contributed by atoms with E-state index in [4.69, 9.17) is 9.40 Å². The highest BCUT2D eigenvalue weighted by Crippen LogP contribution is 2.40. The molecule has 1 heterocycles. The second kappa shape index (κ2) is 12.0. The van der Waals surface area contributed by atoms with Crippen molar-refractivity contribution in [1.82, 2.24) is 4.98 Å². The van der Waals surface area contributed by atoms with Gasteiger partial charge >= 0.3 is 0 Å². The lowest BCUT2D eigenvalue weighted by Gasteiger charge is -2.29. The summed E-state index contributed by atoms with van der Waals surface area (Å²) in [6, 6.07) is 45.0. The second-order valence-electron chi connectivity index (χ2n) is 12.6. The van der Waals surface area contributed by atoms with Crippen LogP contribution in [0.15, 0.2) is 180 Å². The Morgan fingerprint density at radius 2 is 1.40 bits per heavy atom. The van der Waals surface area contributed by atoms with Crippen molar-refractivity contribution in [2.24, 2.45) is 5.92 Å². The van der Waals surface area contributed by atoms with E-state index in [2.05, 4.69) is 138 Å². The molecule has 1 aromatic heterocycles. The van der Waals surface area contributed by atoms with E-state index < -0.39 is 0 Å². The zero-order valence-electron chi connectivity index (χ0n) is 26.6. The molecule has 0 spiro atoms. The van der Waals surface area contributed by atoms with E-state index in [0.717, 1.165) is 69.2 Å². The van der Waals surface area contributed by atoms with Crippen LogP contribution in [0.2, 0.25) is 0 Å². The molecule has 0 amide bonds. The molecule has 48 heavy (non-hydrogen) atoms. The fourth-order valence-corrected chi connectivity index (χ4v) is 7.19. The average molecular weight is 619 g/mol. The largest absolute Gasteiger partial charge is 0.435 e. The summed E-state index contributed by atoms with van der Waals surface area (Å²) in [6.45, 7) is 0. The van der Waals surface area contributed by atoms with Crippen molar-refractivity contribution in [3.05, 3.63) is 175 Å². The summed E-state index contributed by atoms with van der Waals surface area (Å²) in [5.41, 5.74) is 9.92. The lowest BCUT2D eigenvalue weighted by atomic mass is 9.88. The number of fused-ring (bicyclic) bond motifs is 4. The summed E-state index contributed by atoms with van der Waals surface area (Å²) in [7, 11) is 0. The minimum Gasteiger partial charge on any atom is -0.435 e. The normalized spacial score (nSPS) is 16.0. The van der Waals surface area contributed by atoms with Gasteiger partial charge in [0.25, 0.3) is 0 Å². The third-order valence-corrected chi connectivity index (χ3v) is 9.61. The zero-order chi connectivity index (χ0) is 31.9. The van der Waals surface area contributed by atoms with Gasteiger partial charge in [-0.25, -0.2) is 4.98 Å². The third-order valence-electron chi connectivity index (χ3n) is 9.61. The van der Waals surface area contributed by atoms with Gasteiger partial charge in [0.1, 0.15) is 5.52 Å². The predicted molar refractivity (Wildman–Crippen MR) is 200 cm³/mol. The van der Waals surface area contributed by atoms with Gasteiger partial charge in [-0.3, -0.25) is 0 Å². The minimum absolute atomic E-state index is 0.440. The maximum Gasteiger partial charge on any atom is 0.227 e. The maximum absolute atomic E-state index is 6.36. The monoisotopic (exact) mass is 618 g/mol. The number of nitrogens with zero attached hydrogens (tertiary/aromatic N) is 2. The Bertz CT molecular complexity index is 2430. The van der Waals surface area contributed by atoms with E-state index in [1.165, 1.54) is 22.0 Å². The molecule has 0 bridgehead atoms. The van der Waals surface area contributed by atoms with Crippen LogP contribution >= 0.6 is 0 Å². The molecule has 7 aromatic rings.